The maximum Gasteiger partial charge on any atom is 0.223 e. The summed E-state index contributed by atoms with van der Waals surface area (Å²) in [4.78, 5) is 14.9. The predicted molar refractivity (Wildman–Crippen MR) is 110 cm³/mol. The lowest BCUT2D eigenvalue weighted by molar-refractivity contribution is -0.126. The van der Waals surface area contributed by atoms with Crippen LogP contribution in [0.15, 0.2) is 59.1 Å². The molecule has 0 aliphatic carbocycles. The Kier molecular flexibility index (Phi) is 6.86. The van der Waals surface area contributed by atoms with E-state index in [1.165, 1.54) is 11.1 Å². The largest absolute Gasteiger partial charge is 0.355 e. The summed E-state index contributed by atoms with van der Waals surface area (Å²) >= 11 is 3.48. The minimum atomic E-state index is 0.152. The van der Waals surface area contributed by atoms with Crippen molar-refractivity contribution in [2.75, 3.05) is 19.6 Å². The van der Waals surface area contributed by atoms with Crippen molar-refractivity contribution in [2.45, 2.75) is 32.2 Å². The topological polar surface area (TPSA) is 32.3 Å². The van der Waals surface area contributed by atoms with E-state index >= 15 is 0 Å². The van der Waals surface area contributed by atoms with Crippen molar-refractivity contribution in [3.63, 3.8) is 0 Å². The van der Waals surface area contributed by atoms with Crippen LogP contribution in [0, 0.1) is 5.92 Å². The zero-order valence-corrected chi connectivity index (χ0v) is 16.9. The van der Waals surface area contributed by atoms with Gasteiger partial charge in [0.05, 0.1) is 0 Å². The summed E-state index contributed by atoms with van der Waals surface area (Å²) in [6.45, 7) is 5.82. The van der Waals surface area contributed by atoms with Gasteiger partial charge in [0.25, 0.3) is 0 Å². The lowest BCUT2D eigenvalue weighted by Crippen LogP contribution is -2.41. The zero-order valence-electron chi connectivity index (χ0n) is 15.3. The van der Waals surface area contributed by atoms with E-state index in [-0.39, 0.29) is 11.8 Å². The fourth-order valence-corrected chi connectivity index (χ4v) is 3.76. The van der Waals surface area contributed by atoms with Crippen LogP contribution in [0.4, 0.5) is 0 Å². The van der Waals surface area contributed by atoms with Crippen molar-refractivity contribution < 1.29 is 4.79 Å². The van der Waals surface area contributed by atoms with Crippen LogP contribution in [0.2, 0.25) is 0 Å². The van der Waals surface area contributed by atoms with E-state index in [1.54, 1.807) is 0 Å². The normalized spacial score (nSPS) is 17.0. The molecule has 0 saturated carbocycles. The number of benzene rings is 2. The molecule has 1 heterocycles. The molecule has 1 aliphatic rings. The first kappa shape index (κ1) is 19.1. The fraction of sp³-hybridized carbons (Fsp3) is 0.409. The molecule has 138 valence electrons. The van der Waals surface area contributed by atoms with E-state index < -0.39 is 0 Å². The van der Waals surface area contributed by atoms with Gasteiger partial charge in [-0.1, -0.05) is 65.3 Å². The monoisotopic (exact) mass is 414 g/mol. The molecule has 1 atom stereocenters. The Morgan fingerprint density at radius 3 is 2.42 bits per heavy atom. The Labute approximate surface area is 164 Å². The maximum atomic E-state index is 12.5. The molecule has 1 saturated heterocycles. The number of piperidine rings is 1. The number of nitrogens with zero attached hydrogens (tertiary/aromatic N) is 1. The van der Waals surface area contributed by atoms with E-state index in [0.29, 0.717) is 12.5 Å². The Bertz CT molecular complexity index is 694. The Balaban J connectivity index is 1.41. The molecule has 3 nitrogen and oxygen atoms in total. The van der Waals surface area contributed by atoms with Gasteiger partial charge in [-0.2, -0.15) is 0 Å². The number of hydrogen-bond donors (Lipinski definition) is 1. The van der Waals surface area contributed by atoms with Gasteiger partial charge in [-0.25, -0.2) is 0 Å². The lowest BCUT2D eigenvalue weighted by Gasteiger charge is -2.31. The van der Waals surface area contributed by atoms with Crippen LogP contribution in [-0.2, 0) is 11.3 Å². The molecule has 3 rings (SSSR count). The quantitative estimate of drug-likeness (QED) is 0.749. The number of rotatable bonds is 6. The Hall–Kier alpha value is -1.65. The number of hydrogen-bond acceptors (Lipinski definition) is 2. The molecule has 2 aromatic rings. The second kappa shape index (κ2) is 9.33. The fourth-order valence-electron chi connectivity index (χ4n) is 3.50. The van der Waals surface area contributed by atoms with Gasteiger partial charge in [-0.15, -0.1) is 0 Å². The molecule has 1 fully saturated rings. The van der Waals surface area contributed by atoms with Crippen molar-refractivity contribution in [3.8, 4) is 0 Å². The maximum absolute atomic E-state index is 12.5. The first-order chi connectivity index (χ1) is 12.6. The van der Waals surface area contributed by atoms with Crippen LogP contribution in [0.25, 0.3) is 0 Å². The van der Waals surface area contributed by atoms with Crippen molar-refractivity contribution in [1.29, 1.82) is 0 Å². The second-order valence-corrected chi connectivity index (χ2v) is 8.15. The highest BCUT2D eigenvalue weighted by atomic mass is 79.9. The molecule has 0 unspecified atom stereocenters. The average Bonchev–Trinajstić information content (AvgIpc) is 2.69. The Morgan fingerprint density at radius 1 is 1.12 bits per heavy atom. The third-order valence-electron chi connectivity index (χ3n) is 5.23. The number of likely N-dealkylation sites (tertiary alicyclic amines) is 1. The molecule has 1 N–H and O–H groups in total. The van der Waals surface area contributed by atoms with Crippen molar-refractivity contribution in [3.05, 3.63) is 70.2 Å². The number of carbonyl (C=O) groups is 1. The van der Waals surface area contributed by atoms with Gasteiger partial charge >= 0.3 is 0 Å². The van der Waals surface area contributed by atoms with Gasteiger partial charge in [0.15, 0.2) is 0 Å². The predicted octanol–water partition coefficient (Wildman–Crippen LogP) is 4.58. The van der Waals surface area contributed by atoms with Crippen molar-refractivity contribution >= 4 is 21.8 Å². The van der Waals surface area contributed by atoms with Crippen LogP contribution < -0.4 is 5.32 Å². The summed E-state index contributed by atoms with van der Waals surface area (Å²) in [7, 11) is 0. The minimum absolute atomic E-state index is 0.152. The summed E-state index contributed by atoms with van der Waals surface area (Å²) in [5.41, 5.74) is 2.60. The third-order valence-corrected chi connectivity index (χ3v) is 5.76. The van der Waals surface area contributed by atoms with Crippen LogP contribution in [0.3, 0.4) is 0 Å². The standard InChI is InChI=1S/C22H27BrN2O/c1-17(19-5-3-2-4-6-19)15-24-22(26)20-11-13-25(14-12-20)16-18-7-9-21(23)10-8-18/h2-10,17,20H,11-16H2,1H3,(H,24,26)/t17-/m0/s1. The van der Waals surface area contributed by atoms with E-state index in [4.69, 9.17) is 0 Å². The number of carbonyl (C=O) groups excluding carboxylic acids is 1. The smallest absolute Gasteiger partial charge is 0.223 e. The SMILES string of the molecule is C[C@@H](CNC(=O)C1CCN(Cc2ccc(Br)cc2)CC1)c1ccccc1. The molecule has 1 aliphatic heterocycles. The van der Waals surface area contributed by atoms with Gasteiger partial charge in [-0.05, 0) is 55.1 Å². The molecule has 1 amide bonds. The second-order valence-electron chi connectivity index (χ2n) is 7.23. The molecule has 0 spiro atoms. The van der Waals surface area contributed by atoms with Crippen LogP contribution in [0.5, 0.6) is 0 Å². The molecule has 26 heavy (non-hydrogen) atoms. The molecule has 4 heteroatoms. The first-order valence-corrected chi connectivity index (χ1v) is 10.2. The van der Waals surface area contributed by atoms with Gasteiger partial charge in [0.2, 0.25) is 5.91 Å². The summed E-state index contributed by atoms with van der Waals surface area (Å²) in [6, 6.07) is 18.9. The van der Waals surface area contributed by atoms with Crippen LogP contribution in [0.1, 0.15) is 36.8 Å². The van der Waals surface area contributed by atoms with Gasteiger partial charge < -0.3 is 5.32 Å². The molecule has 0 aromatic heterocycles. The van der Waals surface area contributed by atoms with Crippen LogP contribution >= 0.6 is 15.9 Å². The number of halogens is 1. The molecule has 2 aromatic carbocycles. The number of nitrogens with one attached hydrogen (secondary N) is 1. The first-order valence-electron chi connectivity index (χ1n) is 9.41. The summed E-state index contributed by atoms with van der Waals surface area (Å²) < 4.78 is 1.11. The molecular formula is C22H27BrN2O. The van der Waals surface area contributed by atoms with Crippen LogP contribution in [-0.4, -0.2) is 30.4 Å². The van der Waals surface area contributed by atoms with E-state index in [9.17, 15) is 4.79 Å². The van der Waals surface area contributed by atoms with Gasteiger partial charge in [0, 0.05) is 23.5 Å². The molecule has 0 radical (unpaired) electrons. The van der Waals surface area contributed by atoms with Crippen molar-refractivity contribution in [1.82, 2.24) is 10.2 Å². The average molecular weight is 415 g/mol. The van der Waals surface area contributed by atoms with Crippen molar-refractivity contribution in [2.24, 2.45) is 5.92 Å². The highest BCUT2D eigenvalue weighted by Gasteiger charge is 2.25. The summed E-state index contributed by atoms with van der Waals surface area (Å²) in [5, 5.41) is 3.16. The highest BCUT2D eigenvalue weighted by Crippen LogP contribution is 2.21. The highest BCUT2D eigenvalue weighted by molar-refractivity contribution is 9.10. The summed E-state index contributed by atoms with van der Waals surface area (Å²) in [6.07, 6.45) is 1.89. The zero-order chi connectivity index (χ0) is 18.4. The van der Waals surface area contributed by atoms with Gasteiger partial charge in [0.1, 0.15) is 0 Å². The molecule has 0 bridgehead atoms. The van der Waals surface area contributed by atoms with E-state index in [1.807, 2.05) is 6.07 Å². The lowest BCUT2D eigenvalue weighted by atomic mass is 9.95. The number of amides is 1. The Morgan fingerprint density at radius 2 is 1.77 bits per heavy atom. The van der Waals surface area contributed by atoms with E-state index in [2.05, 4.69) is 81.6 Å². The van der Waals surface area contributed by atoms with Gasteiger partial charge in [-0.3, -0.25) is 9.69 Å². The minimum Gasteiger partial charge on any atom is -0.355 e. The summed E-state index contributed by atoms with van der Waals surface area (Å²) in [5.74, 6) is 0.716. The third kappa shape index (κ3) is 5.42. The van der Waals surface area contributed by atoms with E-state index in [0.717, 1.165) is 36.9 Å². The molecular weight excluding hydrogens is 388 g/mol.